The van der Waals surface area contributed by atoms with Gasteiger partial charge in [0.25, 0.3) is 0 Å². The van der Waals surface area contributed by atoms with Gasteiger partial charge in [0.15, 0.2) is 0 Å². The SMILES string of the molecule is C(=N\c1ccc(/N=C/c2ccc[nH]2)cc1)/c1ccc[nH]1. The maximum atomic E-state index is 4.39. The number of nitrogens with zero attached hydrogens (tertiary/aromatic N) is 2. The van der Waals surface area contributed by atoms with Crippen molar-refractivity contribution >= 4 is 23.8 Å². The van der Waals surface area contributed by atoms with Crippen LogP contribution in [-0.2, 0) is 0 Å². The molecule has 20 heavy (non-hydrogen) atoms. The molecule has 3 rings (SSSR count). The number of aliphatic imine (C=N–C) groups is 2. The van der Waals surface area contributed by atoms with Crippen molar-refractivity contribution in [3.05, 3.63) is 72.3 Å². The van der Waals surface area contributed by atoms with E-state index >= 15 is 0 Å². The van der Waals surface area contributed by atoms with Crippen LogP contribution in [-0.4, -0.2) is 22.4 Å². The predicted molar refractivity (Wildman–Crippen MR) is 82.5 cm³/mol. The molecule has 0 unspecified atom stereocenters. The number of aromatic nitrogens is 2. The fourth-order valence-electron chi connectivity index (χ4n) is 1.76. The minimum Gasteiger partial charge on any atom is -0.360 e. The van der Waals surface area contributed by atoms with Gasteiger partial charge in [0.2, 0.25) is 0 Å². The summed E-state index contributed by atoms with van der Waals surface area (Å²) in [6.45, 7) is 0. The monoisotopic (exact) mass is 262 g/mol. The van der Waals surface area contributed by atoms with Crippen molar-refractivity contribution in [2.24, 2.45) is 9.98 Å². The third kappa shape index (κ3) is 3.11. The highest BCUT2D eigenvalue weighted by Crippen LogP contribution is 2.18. The molecule has 4 nitrogen and oxygen atoms in total. The molecule has 3 aromatic rings. The Morgan fingerprint density at radius 2 is 1.10 bits per heavy atom. The van der Waals surface area contributed by atoms with Crippen molar-refractivity contribution in [1.29, 1.82) is 0 Å². The number of rotatable bonds is 4. The van der Waals surface area contributed by atoms with Gasteiger partial charge in [-0.2, -0.15) is 0 Å². The second kappa shape index (κ2) is 5.84. The smallest absolute Gasteiger partial charge is 0.0632 e. The molecule has 2 heterocycles. The lowest BCUT2D eigenvalue weighted by atomic mass is 10.3. The molecule has 2 aromatic heterocycles. The number of benzene rings is 1. The summed E-state index contributed by atoms with van der Waals surface area (Å²) in [5.74, 6) is 0. The van der Waals surface area contributed by atoms with E-state index in [4.69, 9.17) is 0 Å². The van der Waals surface area contributed by atoms with E-state index in [0.717, 1.165) is 22.8 Å². The van der Waals surface area contributed by atoms with Gasteiger partial charge in [0.1, 0.15) is 0 Å². The minimum absolute atomic E-state index is 0.901. The Balaban J connectivity index is 1.68. The molecular formula is C16H14N4. The first-order valence-corrected chi connectivity index (χ1v) is 6.35. The Hall–Kier alpha value is -2.88. The predicted octanol–water partition coefficient (Wildman–Crippen LogP) is 3.84. The minimum atomic E-state index is 0.901. The van der Waals surface area contributed by atoms with E-state index in [0.29, 0.717) is 0 Å². The van der Waals surface area contributed by atoms with Crippen molar-refractivity contribution in [1.82, 2.24) is 9.97 Å². The second-order valence-electron chi connectivity index (χ2n) is 4.28. The molecule has 0 radical (unpaired) electrons. The standard InChI is InChI=1S/C16H14N4/c1-3-15(17-9-1)11-19-13-5-7-14(8-6-13)20-12-16-4-2-10-18-16/h1-12,17-18H/b19-11+,20-12+. The van der Waals surface area contributed by atoms with Gasteiger partial charge in [-0.3, -0.25) is 9.98 Å². The molecule has 0 aliphatic heterocycles. The molecule has 0 fully saturated rings. The Kier molecular flexibility index (Phi) is 3.55. The molecule has 0 amide bonds. The summed E-state index contributed by atoms with van der Waals surface area (Å²) >= 11 is 0. The Morgan fingerprint density at radius 3 is 1.45 bits per heavy atom. The summed E-state index contributed by atoms with van der Waals surface area (Å²) < 4.78 is 0. The van der Waals surface area contributed by atoms with Gasteiger partial charge in [-0.25, -0.2) is 0 Å². The van der Waals surface area contributed by atoms with Crippen LogP contribution in [0.1, 0.15) is 11.4 Å². The molecule has 2 N–H and O–H groups in total. The largest absolute Gasteiger partial charge is 0.360 e. The maximum Gasteiger partial charge on any atom is 0.0632 e. The lowest BCUT2D eigenvalue weighted by Crippen LogP contribution is -1.79. The number of hydrogen-bond donors (Lipinski definition) is 2. The van der Waals surface area contributed by atoms with Gasteiger partial charge < -0.3 is 9.97 Å². The maximum absolute atomic E-state index is 4.39. The highest BCUT2D eigenvalue weighted by atomic mass is 14.8. The Labute approximate surface area is 116 Å². The van der Waals surface area contributed by atoms with Gasteiger partial charge in [-0.05, 0) is 48.5 Å². The number of nitrogens with one attached hydrogen (secondary N) is 2. The van der Waals surface area contributed by atoms with Crippen molar-refractivity contribution in [2.45, 2.75) is 0 Å². The fourth-order valence-corrected chi connectivity index (χ4v) is 1.76. The van der Waals surface area contributed by atoms with Gasteiger partial charge in [0, 0.05) is 12.4 Å². The first kappa shape index (κ1) is 12.2. The van der Waals surface area contributed by atoms with Crippen molar-refractivity contribution in [3.63, 3.8) is 0 Å². The zero-order chi connectivity index (χ0) is 13.6. The topological polar surface area (TPSA) is 56.3 Å². The molecule has 1 aromatic carbocycles. The van der Waals surface area contributed by atoms with Gasteiger partial charge >= 0.3 is 0 Å². The zero-order valence-corrected chi connectivity index (χ0v) is 10.8. The van der Waals surface area contributed by atoms with Crippen LogP contribution in [0.3, 0.4) is 0 Å². The molecule has 4 heteroatoms. The lowest BCUT2D eigenvalue weighted by Gasteiger charge is -1.95. The molecule has 0 aliphatic rings. The average molecular weight is 262 g/mol. The van der Waals surface area contributed by atoms with Crippen LogP contribution in [0.25, 0.3) is 0 Å². The molecule has 0 saturated carbocycles. The third-order valence-electron chi connectivity index (χ3n) is 2.80. The van der Waals surface area contributed by atoms with Crippen LogP contribution in [0.4, 0.5) is 11.4 Å². The second-order valence-corrected chi connectivity index (χ2v) is 4.28. The molecule has 98 valence electrons. The third-order valence-corrected chi connectivity index (χ3v) is 2.80. The molecule has 0 saturated heterocycles. The summed E-state index contributed by atoms with van der Waals surface area (Å²) in [6, 6.07) is 15.6. The van der Waals surface area contributed by atoms with Gasteiger partial charge in [0.05, 0.1) is 35.2 Å². The summed E-state index contributed by atoms with van der Waals surface area (Å²) in [5, 5.41) is 0. The van der Waals surface area contributed by atoms with Gasteiger partial charge in [-0.1, -0.05) is 0 Å². The van der Waals surface area contributed by atoms with Crippen LogP contribution >= 0.6 is 0 Å². The normalized spacial score (nSPS) is 11.6. The van der Waals surface area contributed by atoms with Crippen molar-refractivity contribution in [3.8, 4) is 0 Å². The molecule has 0 bridgehead atoms. The van der Waals surface area contributed by atoms with E-state index < -0.39 is 0 Å². The lowest BCUT2D eigenvalue weighted by molar-refractivity contribution is 1.37. The van der Waals surface area contributed by atoms with Crippen LogP contribution in [0.5, 0.6) is 0 Å². The summed E-state index contributed by atoms with van der Waals surface area (Å²) in [5.41, 5.74) is 3.77. The van der Waals surface area contributed by atoms with E-state index in [-0.39, 0.29) is 0 Å². The van der Waals surface area contributed by atoms with E-state index in [1.54, 1.807) is 12.4 Å². The van der Waals surface area contributed by atoms with Crippen LogP contribution in [0.2, 0.25) is 0 Å². The molecule has 0 spiro atoms. The van der Waals surface area contributed by atoms with Crippen molar-refractivity contribution in [2.75, 3.05) is 0 Å². The number of hydrogen-bond acceptors (Lipinski definition) is 2. The first-order chi connectivity index (χ1) is 9.90. The highest BCUT2D eigenvalue weighted by molar-refractivity contribution is 5.81. The summed E-state index contributed by atoms with van der Waals surface area (Å²) in [7, 11) is 0. The van der Waals surface area contributed by atoms with Crippen LogP contribution in [0, 0.1) is 0 Å². The number of H-pyrrole nitrogens is 2. The fraction of sp³-hybridized carbons (Fsp3) is 0. The molecule has 0 aliphatic carbocycles. The van der Waals surface area contributed by atoms with Crippen LogP contribution in [0.15, 0.2) is 70.9 Å². The van der Waals surface area contributed by atoms with Crippen molar-refractivity contribution < 1.29 is 0 Å². The van der Waals surface area contributed by atoms with E-state index in [9.17, 15) is 0 Å². The highest BCUT2D eigenvalue weighted by Gasteiger charge is 1.92. The molecular weight excluding hydrogens is 248 g/mol. The van der Waals surface area contributed by atoms with E-state index in [1.165, 1.54) is 0 Å². The Bertz CT molecular complexity index is 626. The molecule has 0 atom stereocenters. The summed E-state index contributed by atoms with van der Waals surface area (Å²) in [4.78, 5) is 14.9. The zero-order valence-electron chi connectivity index (χ0n) is 10.8. The summed E-state index contributed by atoms with van der Waals surface area (Å²) in [6.07, 6.45) is 7.36. The quantitative estimate of drug-likeness (QED) is 0.671. The first-order valence-electron chi connectivity index (χ1n) is 6.35. The van der Waals surface area contributed by atoms with E-state index in [2.05, 4.69) is 20.0 Å². The van der Waals surface area contributed by atoms with Gasteiger partial charge in [-0.15, -0.1) is 0 Å². The average Bonchev–Trinajstić information content (AvgIpc) is 3.17. The van der Waals surface area contributed by atoms with Crippen LogP contribution < -0.4 is 0 Å². The Morgan fingerprint density at radius 1 is 0.650 bits per heavy atom. The number of aromatic amines is 2. The van der Waals surface area contributed by atoms with E-state index in [1.807, 2.05) is 60.9 Å².